The van der Waals surface area contributed by atoms with Gasteiger partial charge in [-0.25, -0.2) is 0 Å². The molecule has 1 aromatic carbocycles. The molecular formula is C53H69N5. The smallest absolute Gasteiger partial charge is 0.0818 e. The van der Waals surface area contributed by atoms with E-state index in [9.17, 15) is 0 Å². The molecule has 3 fully saturated rings. The summed E-state index contributed by atoms with van der Waals surface area (Å²) in [5, 5.41) is 13.9. The Morgan fingerprint density at radius 2 is 1.47 bits per heavy atom. The van der Waals surface area contributed by atoms with Crippen LogP contribution in [0.1, 0.15) is 145 Å². The molecule has 7 aliphatic carbocycles. The number of nitrogens with zero attached hydrogens (tertiary/aromatic N) is 2. The average Bonchev–Trinajstić information content (AvgIpc) is 3.59. The van der Waals surface area contributed by atoms with Crippen molar-refractivity contribution in [2.24, 2.45) is 23.7 Å². The summed E-state index contributed by atoms with van der Waals surface area (Å²) in [6.45, 7) is 0. The minimum absolute atomic E-state index is 0.282. The van der Waals surface area contributed by atoms with Crippen LogP contribution in [0.15, 0.2) is 103 Å². The fraction of sp³-hybridized carbons (Fsp3) is 0.585. The van der Waals surface area contributed by atoms with Crippen molar-refractivity contribution in [2.45, 2.75) is 170 Å². The van der Waals surface area contributed by atoms with Crippen molar-refractivity contribution in [3.8, 4) is 0 Å². The van der Waals surface area contributed by atoms with Gasteiger partial charge in [-0.3, -0.25) is 20.9 Å². The first kappa shape index (κ1) is 37.8. The molecule has 0 amide bonds. The fourth-order valence-electron chi connectivity index (χ4n) is 13.8. The second-order valence-electron chi connectivity index (χ2n) is 19.8. The van der Waals surface area contributed by atoms with Gasteiger partial charge in [0.1, 0.15) is 0 Å². The minimum Gasteiger partial charge on any atom is -0.317 e. The average molecular weight is 776 g/mol. The fourth-order valence-corrected chi connectivity index (χ4v) is 13.8. The molecule has 1 saturated heterocycles. The number of hydrogen-bond acceptors (Lipinski definition) is 4. The Kier molecular flexibility index (Phi) is 10.9. The number of hydrogen-bond donors (Lipinski definition) is 3. The normalized spacial score (nSPS) is 39.0. The van der Waals surface area contributed by atoms with Gasteiger partial charge in [0.25, 0.3) is 0 Å². The predicted octanol–water partition coefficient (Wildman–Crippen LogP) is 11.5. The Bertz CT molecular complexity index is 2020. The molecular weight excluding hydrogens is 707 g/mol. The van der Waals surface area contributed by atoms with Crippen molar-refractivity contribution in [1.82, 2.24) is 25.4 Å². The monoisotopic (exact) mass is 776 g/mol. The number of benzene rings is 1. The Morgan fingerprint density at radius 3 is 2.28 bits per heavy atom. The lowest BCUT2D eigenvalue weighted by atomic mass is 9.73. The largest absolute Gasteiger partial charge is 0.317 e. The van der Waals surface area contributed by atoms with Crippen LogP contribution < -0.4 is 16.0 Å². The SMILES string of the molecule is C1=CCCC(n2c3c(c4ccccc42)C2CCCCC2N(C2C=CC(C4C=CCC(C5NC(C6=CCCCC6)NC(C6C=CC=CC6)N5)C4)CC2)C2CCCCC32)=C1. The molecule has 0 radical (unpaired) electrons. The van der Waals surface area contributed by atoms with Gasteiger partial charge >= 0.3 is 0 Å². The summed E-state index contributed by atoms with van der Waals surface area (Å²) < 4.78 is 2.82. The zero-order valence-corrected chi connectivity index (χ0v) is 35.0. The number of nitrogens with one attached hydrogen (secondary N) is 3. The first-order valence-corrected chi connectivity index (χ1v) is 24.2. The Morgan fingerprint density at radius 1 is 0.603 bits per heavy atom. The maximum absolute atomic E-state index is 4.14. The van der Waals surface area contributed by atoms with Gasteiger partial charge in [0.2, 0.25) is 0 Å². The van der Waals surface area contributed by atoms with Crippen LogP contribution in [0.4, 0.5) is 0 Å². The van der Waals surface area contributed by atoms with Crippen molar-refractivity contribution in [3.05, 3.63) is 114 Å². The summed E-state index contributed by atoms with van der Waals surface area (Å²) in [5.74, 6) is 3.62. The predicted molar refractivity (Wildman–Crippen MR) is 241 cm³/mol. The van der Waals surface area contributed by atoms with E-state index in [1.807, 2.05) is 0 Å². The molecule has 5 heteroatoms. The molecule has 306 valence electrons. The molecule has 9 aliphatic rings. The summed E-state index contributed by atoms with van der Waals surface area (Å²) >= 11 is 0. The molecule has 0 spiro atoms. The lowest BCUT2D eigenvalue weighted by Gasteiger charge is -2.50. The standard InChI is InChI=1S/C53H69N5/c1-4-17-37(18-5-1)51-54-52(38-19-6-2-7-20-38)56-53(55-51)40-22-16-21-39(35-40)36-31-33-42(34-32-36)57-46-28-13-10-25-43(46)49-44-26-11-14-29-47(44)58(41-23-8-3-9-24-41)50(49)45-27-12-15-30-48(45)57/h1,3-5,8,11,14,16-17,19,21,23,26,29,31,33,36-37,39-40,42-43,45-46,48,51-56H,2,6-7,9-10,12-13,15,18,20,22,24-25,27-28,30,32,34-35H2. The highest BCUT2D eigenvalue weighted by atomic mass is 15.4. The van der Waals surface area contributed by atoms with Crippen LogP contribution in [0.5, 0.6) is 0 Å². The molecule has 0 bridgehead atoms. The van der Waals surface area contributed by atoms with E-state index in [2.05, 4.69) is 123 Å². The molecule has 5 nitrogen and oxygen atoms in total. The second-order valence-corrected chi connectivity index (χ2v) is 19.8. The van der Waals surface area contributed by atoms with E-state index in [-0.39, 0.29) is 6.17 Å². The van der Waals surface area contributed by atoms with Crippen molar-refractivity contribution >= 4 is 16.6 Å². The Hall–Kier alpha value is -3.22. The van der Waals surface area contributed by atoms with Gasteiger partial charge in [-0.2, -0.15) is 0 Å². The molecule has 12 unspecified atom stereocenters. The van der Waals surface area contributed by atoms with Crippen LogP contribution in [0.25, 0.3) is 16.6 Å². The molecule has 1 aromatic heterocycles. The first-order chi connectivity index (χ1) is 28.8. The number of para-hydroxylation sites is 1. The summed E-state index contributed by atoms with van der Waals surface area (Å²) in [5.41, 5.74) is 8.08. The molecule has 12 atom stereocenters. The number of rotatable bonds is 6. The van der Waals surface area contributed by atoms with Crippen LogP contribution in [-0.2, 0) is 0 Å². The third-order valence-corrected chi connectivity index (χ3v) is 16.5. The number of fused-ring (bicyclic) bond motifs is 7. The Balaban J connectivity index is 0.859. The van der Waals surface area contributed by atoms with Crippen LogP contribution in [0.3, 0.4) is 0 Å². The van der Waals surface area contributed by atoms with Crippen LogP contribution in [-0.4, -0.2) is 46.1 Å². The molecule has 3 N–H and O–H groups in total. The van der Waals surface area contributed by atoms with E-state index >= 15 is 0 Å². The Labute approximate surface area is 348 Å². The van der Waals surface area contributed by atoms with Crippen molar-refractivity contribution in [2.75, 3.05) is 0 Å². The highest BCUT2D eigenvalue weighted by molar-refractivity contribution is 5.90. The minimum atomic E-state index is 0.282. The molecule has 3 heterocycles. The quantitative estimate of drug-likeness (QED) is 0.256. The first-order valence-electron chi connectivity index (χ1n) is 24.2. The van der Waals surface area contributed by atoms with E-state index in [0.29, 0.717) is 66.0 Å². The summed E-state index contributed by atoms with van der Waals surface area (Å²) in [7, 11) is 0. The van der Waals surface area contributed by atoms with E-state index in [1.165, 1.54) is 114 Å². The molecule has 2 aromatic rings. The summed E-state index contributed by atoms with van der Waals surface area (Å²) in [4.78, 5) is 3.20. The highest BCUT2D eigenvalue weighted by Gasteiger charge is 2.49. The van der Waals surface area contributed by atoms with E-state index < -0.39 is 0 Å². The second kappa shape index (κ2) is 16.7. The maximum Gasteiger partial charge on any atom is 0.0818 e. The van der Waals surface area contributed by atoms with Gasteiger partial charge in [-0.15, -0.1) is 0 Å². The van der Waals surface area contributed by atoms with Crippen LogP contribution in [0.2, 0.25) is 0 Å². The van der Waals surface area contributed by atoms with Crippen molar-refractivity contribution < 1.29 is 0 Å². The topological polar surface area (TPSA) is 44.3 Å². The van der Waals surface area contributed by atoms with Crippen molar-refractivity contribution in [1.29, 1.82) is 0 Å². The zero-order chi connectivity index (χ0) is 38.4. The van der Waals surface area contributed by atoms with Gasteiger partial charge in [0.05, 0.1) is 24.0 Å². The number of allylic oxidation sites excluding steroid dienone is 11. The third-order valence-electron chi connectivity index (χ3n) is 16.5. The van der Waals surface area contributed by atoms with Crippen LogP contribution >= 0.6 is 0 Å². The summed E-state index contributed by atoms with van der Waals surface area (Å²) in [6, 6.07) is 11.4. The molecule has 58 heavy (non-hydrogen) atoms. The van der Waals surface area contributed by atoms with Gasteiger partial charge in [0.15, 0.2) is 0 Å². The van der Waals surface area contributed by atoms with E-state index in [1.54, 1.807) is 22.2 Å². The van der Waals surface area contributed by atoms with Gasteiger partial charge in [0, 0.05) is 52.7 Å². The zero-order valence-electron chi connectivity index (χ0n) is 35.0. The van der Waals surface area contributed by atoms with Gasteiger partial charge < -0.3 is 4.57 Å². The lowest BCUT2D eigenvalue weighted by molar-refractivity contribution is 0.0318. The summed E-state index contributed by atoms with van der Waals surface area (Å²) in [6.07, 6.45) is 55.0. The van der Waals surface area contributed by atoms with E-state index in [0.717, 1.165) is 19.3 Å². The third kappa shape index (κ3) is 7.04. The molecule has 2 saturated carbocycles. The maximum atomic E-state index is 4.14. The van der Waals surface area contributed by atoms with Crippen molar-refractivity contribution in [3.63, 3.8) is 0 Å². The van der Waals surface area contributed by atoms with Gasteiger partial charge in [-0.1, -0.05) is 111 Å². The highest BCUT2D eigenvalue weighted by Crippen LogP contribution is 2.54. The molecule has 11 rings (SSSR count). The van der Waals surface area contributed by atoms with Gasteiger partial charge in [-0.05, 0) is 137 Å². The van der Waals surface area contributed by atoms with E-state index in [4.69, 9.17) is 0 Å². The molecule has 2 aliphatic heterocycles. The van der Waals surface area contributed by atoms with Crippen LogP contribution in [0, 0.1) is 23.7 Å². The lowest BCUT2D eigenvalue weighted by Crippen LogP contribution is -2.71. The number of aromatic nitrogens is 1.